The smallest absolute Gasteiger partial charge is 0.255 e. The molecule has 1 aromatic heterocycles. The number of rotatable bonds is 5. The zero-order valence-electron chi connectivity index (χ0n) is 15.2. The number of likely N-dealkylation sites (N-methyl/N-ethyl adjacent to an activating group) is 1. The maximum Gasteiger partial charge on any atom is 0.255 e. The van der Waals surface area contributed by atoms with Crippen molar-refractivity contribution in [1.82, 2.24) is 9.88 Å². The van der Waals surface area contributed by atoms with Crippen molar-refractivity contribution in [3.05, 3.63) is 53.7 Å². The first-order chi connectivity index (χ1) is 12.6. The largest absolute Gasteiger partial charge is 0.354 e. The van der Waals surface area contributed by atoms with E-state index in [0.717, 1.165) is 38.5 Å². The van der Waals surface area contributed by atoms with Gasteiger partial charge in [-0.1, -0.05) is 6.92 Å². The fourth-order valence-electron chi connectivity index (χ4n) is 3.02. The number of benzene rings is 1. The second-order valence-electron chi connectivity index (χ2n) is 6.41. The van der Waals surface area contributed by atoms with Crippen LogP contribution in [0.25, 0.3) is 0 Å². The Morgan fingerprint density at radius 3 is 2.35 bits per heavy atom. The molecule has 1 aromatic carbocycles. The van der Waals surface area contributed by atoms with Gasteiger partial charge in [-0.2, -0.15) is 0 Å². The van der Waals surface area contributed by atoms with E-state index in [4.69, 9.17) is 0 Å². The number of aromatic nitrogens is 1. The molecule has 1 saturated heterocycles. The Morgan fingerprint density at radius 2 is 1.73 bits per heavy atom. The van der Waals surface area contributed by atoms with Crippen LogP contribution in [0.2, 0.25) is 0 Å². The number of piperazine rings is 1. The van der Waals surface area contributed by atoms with E-state index in [9.17, 15) is 9.59 Å². The second kappa shape index (κ2) is 8.10. The molecule has 1 aliphatic rings. The Kier molecular flexibility index (Phi) is 5.63. The van der Waals surface area contributed by atoms with Gasteiger partial charge in [0.25, 0.3) is 5.91 Å². The number of carbonyl (C=O) groups excluding carboxylic acids is 2. The van der Waals surface area contributed by atoms with Crippen LogP contribution < -0.4 is 10.2 Å². The molecule has 0 unspecified atom stereocenters. The molecule has 0 aliphatic carbocycles. The number of hydrogen-bond acceptors (Lipinski definition) is 5. The number of Topliss-reactive ketones (excluding diaryl/α,β-unsaturated/α-hetero) is 1. The first-order valence-corrected chi connectivity index (χ1v) is 8.92. The fraction of sp³-hybridized carbons (Fsp3) is 0.350. The van der Waals surface area contributed by atoms with E-state index in [0.29, 0.717) is 16.8 Å². The van der Waals surface area contributed by atoms with Crippen LogP contribution in [0.4, 0.5) is 11.5 Å². The molecule has 6 nitrogen and oxygen atoms in total. The van der Waals surface area contributed by atoms with Crippen LogP contribution in [-0.4, -0.2) is 54.3 Å². The lowest BCUT2D eigenvalue weighted by Gasteiger charge is -2.34. The highest BCUT2D eigenvalue weighted by atomic mass is 16.1. The number of ketones is 1. The van der Waals surface area contributed by atoms with Crippen LogP contribution in [0.3, 0.4) is 0 Å². The first-order valence-electron chi connectivity index (χ1n) is 8.92. The number of anilines is 2. The third kappa shape index (κ3) is 4.26. The molecular formula is C20H24N4O2. The lowest BCUT2D eigenvalue weighted by molar-refractivity contribution is 0.101. The Bertz CT molecular complexity index is 781. The molecule has 0 bridgehead atoms. The third-order valence-corrected chi connectivity index (χ3v) is 4.70. The molecule has 0 saturated carbocycles. The lowest BCUT2D eigenvalue weighted by Crippen LogP contribution is -2.46. The summed E-state index contributed by atoms with van der Waals surface area (Å²) in [4.78, 5) is 32.9. The molecule has 26 heavy (non-hydrogen) atoms. The maximum absolute atomic E-state index is 12.5. The first kappa shape index (κ1) is 18.1. The summed E-state index contributed by atoms with van der Waals surface area (Å²) in [6.07, 6.45) is 1.68. The summed E-state index contributed by atoms with van der Waals surface area (Å²) in [6, 6.07) is 10.4. The van der Waals surface area contributed by atoms with Crippen LogP contribution in [-0.2, 0) is 0 Å². The molecule has 3 rings (SSSR count). The topological polar surface area (TPSA) is 65.5 Å². The van der Waals surface area contributed by atoms with Crippen molar-refractivity contribution in [2.75, 3.05) is 42.9 Å². The summed E-state index contributed by atoms with van der Waals surface area (Å²) in [6.45, 7) is 8.60. The molecule has 136 valence electrons. The van der Waals surface area contributed by atoms with Crippen molar-refractivity contribution in [2.24, 2.45) is 0 Å². The van der Waals surface area contributed by atoms with Crippen molar-refractivity contribution >= 4 is 23.2 Å². The summed E-state index contributed by atoms with van der Waals surface area (Å²) in [7, 11) is 0. The van der Waals surface area contributed by atoms with E-state index in [1.807, 2.05) is 6.07 Å². The number of amides is 1. The van der Waals surface area contributed by atoms with E-state index >= 15 is 0 Å². The minimum absolute atomic E-state index is 0.00447. The Labute approximate surface area is 153 Å². The predicted octanol–water partition coefficient (Wildman–Crippen LogP) is 2.68. The van der Waals surface area contributed by atoms with E-state index in [1.165, 1.54) is 6.92 Å². The van der Waals surface area contributed by atoms with Crippen LogP contribution in [0.15, 0.2) is 42.6 Å². The van der Waals surface area contributed by atoms with E-state index in [2.05, 4.69) is 27.0 Å². The summed E-state index contributed by atoms with van der Waals surface area (Å²) >= 11 is 0. The Balaban J connectivity index is 1.67. The van der Waals surface area contributed by atoms with Gasteiger partial charge in [0.2, 0.25) is 0 Å². The van der Waals surface area contributed by atoms with Crippen molar-refractivity contribution in [2.45, 2.75) is 13.8 Å². The van der Waals surface area contributed by atoms with Gasteiger partial charge in [-0.25, -0.2) is 4.98 Å². The lowest BCUT2D eigenvalue weighted by atomic mass is 10.1. The number of nitrogens with one attached hydrogen (secondary N) is 1. The summed E-state index contributed by atoms with van der Waals surface area (Å²) in [5, 5.41) is 2.87. The molecule has 1 N–H and O–H groups in total. The summed E-state index contributed by atoms with van der Waals surface area (Å²) in [5.74, 6) is 0.654. The van der Waals surface area contributed by atoms with Gasteiger partial charge in [-0.15, -0.1) is 0 Å². The zero-order chi connectivity index (χ0) is 18.5. The fourth-order valence-corrected chi connectivity index (χ4v) is 3.02. The molecule has 1 fully saturated rings. The van der Waals surface area contributed by atoms with Gasteiger partial charge in [-0.05, 0) is 49.9 Å². The molecule has 0 radical (unpaired) electrons. The molecule has 1 aliphatic heterocycles. The van der Waals surface area contributed by atoms with E-state index in [1.54, 1.807) is 36.5 Å². The van der Waals surface area contributed by atoms with Crippen molar-refractivity contribution in [1.29, 1.82) is 0 Å². The van der Waals surface area contributed by atoms with Crippen LogP contribution in [0.5, 0.6) is 0 Å². The van der Waals surface area contributed by atoms with Gasteiger partial charge in [0.1, 0.15) is 5.82 Å². The van der Waals surface area contributed by atoms with Gasteiger partial charge in [0, 0.05) is 49.2 Å². The molecule has 2 aromatic rings. The van der Waals surface area contributed by atoms with E-state index in [-0.39, 0.29) is 11.7 Å². The van der Waals surface area contributed by atoms with Gasteiger partial charge in [0.05, 0.1) is 0 Å². The number of nitrogens with zero attached hydrogens (tertiary/aromatic N) is 3. The molecular weight excluding hydrogens is 328 g/mol. The highest BCUT2D eigenvalue weighted by Gasteiger charge is 2.18. The second-order valence-corrected chi connectivity index (χ2v) is 6.41. The molecule has 6 heteroatoms. The Morgan fingerprint density at radius 1 is 1.04 bits per heavy atom. The average molecular weight is 352 g/mol. The zero-order valence-corrected chi connectivity index (χ0v) is 15.2. The molecule has 1 amide bonds. The maximum atomic E-state index is 12.5. The third-order valence-electron chi connectivity index (χ3n) is 4.70. The van der Waals surface area contributed by atoms with Crippen LogP contribution >= 0.6 is 0 Å². The standard InChI is InChI=1S/C20H24N4O2/c1-3-23-10-12-24(13-11-23)19-14-17(8-9-21-19)20(26)22-18-6-4-16(5-7-18)15(2)25/h4-9,14H,3,10-13H2,1-2H3,(H,22,26). The number of pyridine rings is 1. The monoisotopic (exact) mass is 352 g/mol. The van der Waals surface area contributed by atoms with Gasteiger partial charge >= 0.3 is 0 Å². The molecule has 2 heterocycles. The van der Waals surface area contributed by atoms with E-state index < -0.39 is 0 Å². The minimum Gasteiger partial charge on any atom is -0.354 e. The number of carbonyl (C=O) groups is 2. The average Bonchev–Trinajstić information content (AvgIpc) is 2.68. The number of hydrogen-bond donors (Lipinski definition) is 1. The quantitative estimate of drug-likeness (QED) is 0.838. The van der Waals surface area contributed by atoms with Gasteiger partial charge < -0.3 is 15.1 Å². The minimum atomic E-state index is -0.184. The summed E-state index contributed by atoms with van der Waals surface area (Å²) in [5.41, 5.74) is 1.86. The van der Waals surface area contributed by atoms with Crippen molar-refractivity contribution in [3.8, 4) is 0 Å². The van der Waals surface area contributed by atoms with Crippen LogP contribution in [0.1, 0.15) is 34.6 Å². The van der Waals surface area contributed by atoms with Gasteiger partial charge in [0.15, 0.2) is 5.78 Å². The SMILES string of the molecule is CCN1CCN(c2cc(C(=O)Nc3ccc(C(C)=O)cc3)ccn2)CC1. The normalized spacial score (nSPS) is 14.9. The molecule has 0 spiro atoms. The highest BCUT2D eigenvalue weighted by Crippen LogP contribution is 2.17. The van der Waals surface area contributed by atoms with Crippen molar-refractivity contribution in [3.63, 3.8) is 0 Å². The predicted molar refractivity (Wildman–Crippen MR) is 103 cm³/mol. The molecule has 0 atom stereocenters. The Hall–Kier alpha value is -2.73. The van der Waals surface area contributed by atoms with Crippen LogP contribution in [0, 0.1) is 0 Å². The van der Waals surface area contributed by atoms with Gasteiger partial charge in [-0.3, -0.25) is 9.59 Å². The van der Waals surface area contributed by atoms with Crippen molar-refractivity contribution < 1.29 is 9.59 Å². The summed E-state index contributed by atoms with van der Waals surface area (Å²) < 4.78 is 0. The highest BCUT2D eigenvalue weighted by molar-refractivity contribution is 6.05.